The normalized spacial score (nSPS) is 19.6. The molecule has 2 aliphatic rings. The van der Waals surface area contributed by atoms with Crippen molar-refractivity contribution in [2.24, 2.45) is 0 Å². The Hall–Kier alpha value is -3.13. The van der Waals surface area contributed by atoms with Crippen LogP contribution in [0.2, 0.25) is 0 Å². The summed E-state index contributed by atoms with van der Waals surface area (Å²) >= 11 is 0. The zero-order chi connectivity index (χ0) is 23.0. The molecule has 170 valence electrons. The Labute approximate surface area is 183 Å². The Morgan fingerprint density at radius 3 is 2.53 bits per heavy atom. The molecule has 0 saturated carbocycles. The minimum Gasteiger partial charge on any atom is -0.353 e. The lowest BCUT2D eigenvalue weighted by atomic mass is 10.0. The summed E-state index contributed by atoms with van der Waals surface area (Å²) in [6, 6.07) is 2.59. The highest BCUT2D eigenvalue weighted by atomic mass is 19.4. The van der Waals surface area contributed by atoms with E-state index in [4.69, 9.17) is 0 Å². The van der Waals surface area contributed by atoms with Crippen molar-refractivity contribution in [2.45, 2.75) is 32.1 Å². The maximum Gasteiger partial charge on any atom is 0.417 e. The van der Waals surface area contributed by atoms with Gasteiger partial charge in [-0.1, -0.05) is 0 Å². The summed E-state index contributed by atoms with van der Waals surface area (Å²) in [6.07, 6.45) is -0.954. The van der Waals surface area contributed by atoms with Gasteiger partial charge in [-0.05, 0) is 26.5 Å². The van der Waals surface area contributed by atoms with Crippen molar-refractivity contribution >= 4 is 11.7 Å². The Morgan fingerprint density at radius 2 is 1.97 bits per heavy atom. The minimum absolute atomic E-state index is 0.00212. The average molecular weight is 447 g/mol. The first-order chi connectivity index (χ1) is 15.2. The van der Waals surface area contributed by atoms with Crippen LogP contribution in [0.3, 0.4) is 0 Å². The van der Waals surface area contributed by atoms with Crippen LogP contribution in [0.4, 0.5) is 19.0 Å². The second-order valence-electron chi connectivity index (χ2n) is 8.30. The summed E-state index contributed by atoms with van der Waals surface area (Å²) in [5, 5.41) is 13.6. The van der Waals surface area contributed by atoms with Gasteiger partial charge in [0.1, 0.15) is 24.0 Å². The molecule has 11 heteroatoms. The van der Waals surface area contributed by atoms with Crippen LogP contribution in [0.5, 0.6) is 0 Å². The predicted octanol–water partition coefficient (Wildman–Crippen LogP) is 2.21. The first kappa shape index (κ1) is 22.1. The lowest BCUT2D eigenvalue weighted by molar-refractivity contribution is -0.137. The largest absolute Gasteiger partial charge is 0.417 e. The van der Waals surface area contributed by atoms with Gasteiger partial charge in [0, 0.05) is 50.5 Å². The number of carbonyl (C=O) groups is 1. The van der Waals surface area contributed by atoms with E-state index in [2.05, 4.69) is 15.0 Å². The summed E-state index contributed by atoms with van der Waals surface area (Å²) in [5.74, 6) is -0.0519. The van der Waals surface area contributed by atoms with Crippen molar-refractivity contribution in [1.29, 1.82) is 5.26 Å². The van der Waals surface area contributed by atoms with Crippen molar-refractivity contribution in [3.05, 3.63) is 29.6 Å². The van der Waals surface area contributed by atoms with E-state index in [-0.39, 0.29) is 30.0 Å². The van der Waals surface area contributed by atoms with Gasteiger partial charge < -0.3 is 14.7 Å². The van der Waals surface area contributed by atoms with Gasteiger partial charge in [0.15, 0.2) is 0 Å². The molecule has 8 nitrogen and oxygen atoms in total. The summed E-state index contributed by atoms with van der Waals surface area (Å²) < 4.78 is 42.6. The lowest BCUT2D eigenvalue weighted by Gasteiger charge is -2.40. The van der Waals surface area contributed by atoms with Gasteiger partial charge in [-0.15, -0.1) is 0 Å². The summed E-state index contributed by atoms with van der Waals surface area (Å²) in [6.45, 7) is 5.28. The number of amides is 1. The van der Waals surface area contributed by atoms with Gasteiger partial charge in [0.2, 0.25) is 5.91 Å². The van der Waals surface area contributed by atoms with Crippen molar-refractivity contribution < 1.29 is 18.0 Å². The van der Waals surface area contributed by atoms with Gasteiger partial charge in [-0.3, -0.25) is 9.48 Å². The van der Waals surface area contributed by atoms with Crippen LogP contribution in [0.25, 0.3) is 11.3 Å². The molecule has 0 aliphatic carbocycles. The van der Waals surface area contributed by atoms with E-state index in [1.807, 2.05) is 14.0 Å². The summed E-state index contributed by atoms with van der Waals surface area (Å²) in [7, 11) is 2.00. The molecule has 2 aliphatic heterocycles. The van der Waals surface area contributed by atoms with E-state index in [1.165, 1.54) is 17.1 Å². The quantitative estimate of drug-likeness (QED) is 0.715. The average Bonchev–Trinajstić information content (AvgIpc) is 3.20. The number of nitrogens with zero attached hydrogens (tertiary/aromatic N) is 7. The molecule has 0 bridgehead atoms. The number of halogens is 3. The lowest BCUT2D eigenvalue weighted by Crippen LogP contribution is -2.48. The van der Waals surface area contributed by atoms with Crippen LogP contribution in [0, 0.1) is 11.3 Å². The topological polar surface area (TPSA) is 81.3 Å². The molecule has 32 heavy (non-hydrogen) atoms. The second-order valence-corrected chi connectivity index (χ2v) is 8.30. The summed E-state index contributed by atoms with van der Waals surface area (Å²) in [4.78, 5) is 22.6. The fourth-order valence-corrected chi connectivity index (χ4v) is 3.93. The highest BCUT2D eigenvalue weighted by Gasteiger charge is 2.38. The van der Waals surface area contributed by atoms with Crippen molar-refractivity contribution in [3.8, 4) is 17.3 Å². The standard InChI is InChI=1S/C21H24F3N7O/c1-14-3-4-31(14)20-16(10-25)17(21(22,23)24)9-18(27-20)15-11-26-30(12-15)13-19(32)29-7-5-28(2)6-8-29/h9,11-12,14H,3-8,13H2,1-2H3/t14-/m0/s1. The molecule has 2 saturated heterocycles. The highest BCUT2D eigenvalue weighted by molar-refractivity contribution is 5.76. The Balaban J connectivity index is 1.62. The Bertz CT molecular complexity index is 1050. The molecule has 4 heterocycles. The molecule has 0 radical (unpaired) electrons. The number of pyridine rings is 1. The SMILES string of the molecule is C[C@H]1CCN1c1nc(-c2cnn(CC(=O)N3CCN(C)CC3)c2)cc(C(F)(F)F)c1C#N. The van der Waals surface area contributed by atoms with E-state index >= 15 is 0 Å². The zero-order valence-corrected chi connectivity index (χ0v) is 17.9. The smallest absolute Gasteiger partial charge is 0.353 e. The maximum atomic E-state index is 13.7. The van der Waals surface area contributed by atoms with Crippen LogP contribution in [-0.2, 0) is 17.5 Å². The van der Waals surface area contributed by atoms with Gasteiger partial charge in [0.25, 0.3) is 0 Å². The van der Waals surface area contributed by atoms with Crippen LogP contribution in [0.1, 0.15) is 24.5 Å². The third kappa shape index (κ3) is 4.27. The second kappa shape index (κ2) is 8.43. The van der Waals surface area contributed by atoms with Crippen molar-refractivity contribution in [1.82, 2.24) is 24.6 Å². The van der Waals surface area contributed by atoms with Gasteiger partial charge in [-0.25, -0.2) is 4.98 Å². The number of aromatic nitrogens is 3. The van der Waals surface area contributed by atoms with Crippen LogP contribution in [-0.4, -0.2) is 76.3 Å². The van der Waals surface area contributed by atoms with E-state index in [0.717, 1.165) is 25.6 Å². The zero-order valence-electron chi connectivity index (χ0n) is 17.9. The third-order valence-electron chi connectivity index (χ3n) is 6.09. The molecule has 2 aromatic heterocycles. The first-order valence-corrected chi connectivity index (χ1v) is 10.5. The highest BCUT2D eigenvalue weighted by Crippen LogP contribution is 2.39. The molecule has 0 unspecified atom stereocenters. The molecule has 0 N–H and O–H groups in total. The molecule has 2 aromatic rings. The van der Waals surface area contributed by atoms with Crippen molar-refractivity contribution in [2.75, 3.05) is 44.7 Å². The maximum absolute atomic E-state index is 13.7. The van der Waals surface area contributed by atoms with Crippen LogP contribution >= 0.6 is 0 Å². The fourth-order valence-electron chi connectivity index (χ4n) is 3.93. The Kier molecular flexibility index (Phi) is 5.81. The predicted molar refractivity (Wildman–Crippen MR) is 111 cm³/mol. The van der Waals surface area contributed by atoms with E-state index in [0.29, 0.717) is 25.2 Å². The third-order valence-corrected chi connectivity index (χ3v) is 6.09. The number of anilines is 1. The molecule has 1 amide bonds. The summed E-state index contributed by atoms with van der Waals surface area (Å²) in [5.41, 5.74) is -1.05. The molecular weight excluding hydrogens is 423 g/mol. The molecule has 1 atom stereocenters. The number of hydrogen-bond donors (Lipinski definition) is 0. The van der Waals surface area contributed by atoms with Crippen LogP contribution < -0.4 is 4.90 Å². The Morgan fingerprint density at radius 1 is 1.25 bits per heavy atom. The number of carbonyl (C=O) groups excluding carboxylic acids is 1. The van der Waals surface area contributed by atoms with Gasteiger partial charge >= 0.3 is 6.18 Å². The number of rotatable bonds is 4. The fraction of sp³-hybridized carbons (Fsp3) is 0.524. The first-order valence-electron chi connectivity index (χ1n) is 10.5. The molecule has 0 spiro atoms. The number of likely N-dealkylation sites (N-methyl/N-ethyl adjacent to an activating group) is 1. The molecule has 2 fully saturated rings. The van der Waals surface area contributed by atoms with Gasteiger partial charge in [0.05, 0.1) is 17.5 Å². The minimum atomic E-state index is -4.70. The van der Waals surface area contributed by atoms with E-state index in [9.17, 15) is 23.2 Å². The van der Waals surface area contributed by atoms with Crippen molar-refractivity contribution in [3.63, 3.8) is 0 Å². The van der Waals surface area contributed by atoms with Gasteiger partial charge in [-0.2, -0.15) is 23.5 Å². The number of hydrogen-bond acceptors (Lipinski definition) is 6. The van der Waals surface area contributed by atoms with E-state index in [1.54, 1.807) is 15.9 Å². The number of nitriles is 1. The molecule has 0 aromatic carbocycles. The van der Waals surface area contributed by atoms with E-state index < -0.39 is 17.3 Å². The molecule has 4 rings (SSSR count). The molecular formula is C21H24F3N7O. The number of alkyl halides is 3. The monoisotopic (exact) mass is 447 g/mol. The number of piperazine rings is 1. The van der Waals surface area contributed by atoms with Crippen LogP contribution in [0.15, 0.2) is 18.5 Å².